The molecule has 0 amide bonds. The number of thiophene rings is 1. The summed E-state index contributed by atoms with van der Waals surface area (Å²) in [5.74, 6) is -0.835. The summed E-state index contributed by atoms with van der Waals surface area (Å²) >= 11 is 1.28. The average molecular weight is 232 g/mol. The van der Waals surface area contributed by atoms with E-state index in [2.05, 4.69) is 0 Å². The van der Waals surface area contributed by atoms with Crippen molar-refractivity contribution in [1.82, 2.24) is 0 Å². The van der Waals surface area contributed by atoms with Crippen LogP contribution in [0.2, 0.25) is 0 Å². The molecule has 0 fully saturated rings. The van der Waals surface area contributed by atoms with Crippen LogP contribution in [0.3, 0.4) is 0 Å². The van der Waals surface area contributed by atoms with Crippen LogP contribution < -0.4 is 0 Å². The van der Waals surface area contributed by atoms with E-state index in [0.717, 1.165) is 5.56 Å². The van der Waals surface area contributed by atoms with Gasteiger partial charge in [0.15, 0.2) is 0 Å². The Labute approximate surface area is 98.2 Å². The van der Waals surface area contributed by atoms with Crippen molar-refractivity contribution in [3.63, 3.8) is 0 Å². The summed E-state index contributed by atoms with van der Waals surface area (Å²) in [5, 5.41) is 10.8. The number of benzene rings is 1. The van der Waals surface area contributed by atoms with Crippen LogP contribution in [-0.4, -0.2) is 11.1 Å². The molecule has 1 aromatic carbocycles. The molecule has 0 aliphatic rings. The molecule has 1 heterocycles. The van der Waals surface area contributed by atoms with Crippen molar-refractivity contribution in [2.75, 3.05) is 0 Å². The molecular weight excluding hydrogens is 220 g/mol. The largest absolute Gasteiger partial charge is 0.477 e. The van der Waals surface area contributed by atoms with E-state index < -0.39 is 5.97 Å². The molecule has 16 heavy (non-hydrogen) atoms. The topological polar surface area (TPSA) is 37.3 Å². The lowest BCUT2D eigenvalue weighted by Gasteiger charge is -2.04. The van der Waals surface area contributed by atoms with Gasteiger partial charge in [0.1, 0.15) is 4.88 Å². The van der Waals surface area contributed by atoms with Crippen molar-refractivity contribution in [1.29, 1.82) is 0 Å². The molecule has 0 unspecified atom stereocenters. The van der Waals surface area contributed by atoms with Crippen molar-refractivity contribution in [3.8, 4) is 0 Å². The third-order valence-corrected chi connectivity index (χ3v) is 3.53. The standard InChI is InChI=1S/C13H12O2S/c1-9-4-2-3-5-10(9)8-11-6-7-16-12(11)13(14)15/h2-7H,8H2,1H3,(H,14,15). The zero-order valence-electron chi connectivity index (χ0n) is 8.93. The first kappa shape index (κ1) is 10.9. The number of aromatic carboxylic acids is 1. The molecule has 0 aliphatic heterocycles. The van der Waals surface area contributed by atoms with E-state index in [4.69, 9.17) is 5.11 Å². The Morgan fingerprint density at radius 2 is 2.00 bits per heavy atom. The quantitative estimate of drug-likeness (QED) is 0.881. The second kappa shape index (κ2) is 4.49. The first-order valence-electron chi connectivity index (χ1n) is 5.02. The first-order valence-corrected chi connectivity index (χ1v) is 5.90. The SMILES string of the molecule is Cc1ccccc1Cc1ccsc1C(=O)O. The molecule has 0 atom stereocenters. The molecule has 0 bridgehead atoms. The van der Waals surface area contributed by atoms with Crippen LogP contribution >= 0.6 is 11.3 Å². The number of carbonyl (C=O) groups is 1. The second-order valence-electron chi connectivity index (χ2n) is 3.68. The van der Waals surface area contributed by atoms with E-state index in [-0.39, 0.29) is 0 Å². The summed E-state index contributed by atoms with van der Waals surface area (Å²) in [7, 11) is 0. The molecule has 2 nitrogen and oxygen atoms in total. The minimum atomic E-state index is -0.835. The van der Waals surface area contributed by atoms with Crippen LogP contribution in [-0.2, 0) is 6.42 Å². The van der Waals surface area contributed by atoms with Crippen LogP contribution in [0.5, 0.6) is 0 Å². The maximum atomic E-state index is 11.0. The predicted octanol–water partition coefficient (Wildman–Crippen LogP) is 3.35. The van der Waals surface area contributed by atoms with Gasteiger partial charge >= 0.3 is 5.97 Å². The van der Waals surface area contributed by atoms with E-state index in [0.29, 0.717) is 11.3 Å². The van der Waals surface area contributed by atoms with Gasteiger partial charge in [-0.25, -0.2) is 4.79 Å². The minimum absolute atomic E-state index is 0.447. The van der Waals surface area contributed by atoms with E-state index in [1.54, 1.807) is 0 Å². The van der Waals surface area contributed by atoms with Gasteiger partial charge in [-0.1, -0.05) is 24.3 Å². The summed E-state index contributed by atoms with van der Waals surface area (Å²) in [6.45, 7) is 2.04. The highest BCUT2D eigenvalue weighted by Gasteiger charge is 2.12. The molecule has 0 saturated heterocycles. The summed E-state index contributed by atoms with van der Waals surface area (Å²) in [5.41, 5.74) is 3.28. The fraction of sp³-hybridized carbons (Fsp3) is 0.154. The van der Waals surface area contributed by atoms with Crippen molar-refractivity contribution in [3.05, 3.63) is 57.3 Å². The Bertz CT molecular complexity index is 514. The normalized spacial score (nSPS) is 10.3. The molecule has 0 aliphatic carbocycles. The average Bonchev–Trinajstić information content (AvgIpc) is 2.69. The number of aryl methyl sites for hydroxylation is 1. The van der Waals surface area contributed by atoms with Crippen molar-refractivity contribution >= 4 is 17.3 Å². The highest BCUT2D eigenvalue weighted by molar-refractivity contribution is 7.12. The Hall–Kier alpha value is -1.61. The highest BCUT2D eigenvalue weighted by atomic mass is 32.1. The zero-order valence-corrected chi connectivity index (χ0v) is 9.75. The first-order chi connectivity index (χ1) is 7.68. The third-order valence-electron chi connectivity index (χ3n) is 2.58. The van der Waals surface area contributed by atoms with E-state index >= 15 is 0 Å². The molecule has 1 aromatic heterocycles. The fourth-order valence-electron chi connectivity index (χ4n) is 1.68. The molecule has 1 N–H and O–H groups in total. The summed E-state index contributed by atoms with van der Waals surface area (Å²) in [6.07, 6.45) is 0.692. The monoisotopic (exact) mass is 232 g/mol. The van der Waals surface area contributed by atoms with E-state index in [1.807, 2.05) is 42.6 Å². The fourth-order valence-corrected chi connectivity index (χ4v) is 2.44. The van der Waals surface area contributed by atoms with Crippen LogP contribution in [0.15, 0.2) is 35.7 Å². The Balaban J connectivity index is 2.31. The molecule has 2 rings (SSSR count). The van der Waals surface area contributed by atoms with Crippen molar-refractivity contribution < 1.29 is 9.90 Å². The lowest BCUT2D eigenvalue weighted by atomic mass is 10.0. The smallest absolute Gasteiger partial charge is 0.346 e. The summed E-state index contributed by atoms with van der Waals surface area (Å²) in [4.78, 5) is 11.4. The van der Waals surface area contributed by atoms with E-state index in [1.165, 1.54) is 22.5 Å². The number of hydrogen-bond acceptors (Lipinski definition) is 2. The van der Waals surface area contributed by atoms with Gasteiger partial charge in [-0.3, -0.25) is 0 Å². The molecule has 82 valence electrons. The van der Waals surface area contributed by atoms with Gasteiger partial charge in [0.2, 0.25) is 0 Å². The van der Waals surface area contributed by atoms with Gasteiger partial charge in [0, 0.05) is 0 Å². The molecule has 2 aromatic rings. The number of carboxylic acid groups (broad SMARTS) is 1. The second-order valence-corrected chi connectivity index (χ2v) is 4.60. The predicted molar refractivity (Wildman–Crippen MR) is 65.3 cm³/mol. The lowest BCUT2D eigenvalue weighted by Crippen LogP contribution is -1.99. The van der Waals surface area contributed by atoms with E-state index in [9.17, 15) is 4.79 Å². The van der Waals surface area contributed by atoms with Gasteiger partial charge in [0.05, 0.1) is 0 Å². The van der Waals surface area contributed by atoms with Crippen LogP contribution in [0.25, 0.3) is 0 Å². The van der Waals surface area contributed by atoms with Gasteiger partial charge < -0.3 is 5.11 Å². The molecule has 0 saturated carbocycles. The Morgan fingerprint density at radius 3 is 2.69 bits per heavy atom. The molecular formula is C13H12O2S. The number of rotatable bonds is 3. The maximum absolute atomic E-state index is 11.0. The maximum Gasteiger partial charge on any atom is 0.346 e. The Morgan fingerprint density at radius 1 is 1.25 bits per heavy atom. The summed E-state index contributed by atoms with van der Waals surface area (Å²) in [6, 6.07) is 9.95. The molecule has 3 heteroatoms. The molecule has 0 radical (unpaired) electrons. The Kier molecular flexibility index (Phi) is 3.06. The van der Waals surface area contributed by atoms with Gasteiger partial charge in [0.25, 0.3) is 0 Å². The summed E-state index contributed by atoms with van der Waals surface area (Å²) < 4.78 is 0. The third kappa shape index (κ3) is 2.14. The van der Waals surface area contributed by atoms with Crippen molar-refractivity contribution in [2.45, 2.75) is 13.3 Å². The molecule has 0 spiro atoms. The van der Waals surface area contributed by atoms with Crippen molar-refractivity contribution in [2.24, 2.45) is 0 Å². The van der Waals surface area contributed by atoms with Gasteiger partial charge in [-0.15, -0.1) is 11.3 Å². The lowest BCUT2D eigenvalue weighted by molar-refractivity contribution is 0.0701. The van der Waals surface area contributed by atoms with Gasteiger partial charge in [-0.05, 0) is 41.5 Å². The number of carboxylic acids is 1. The highest BCUT2D eigenvalue weighted by Crippen LogP contribution is 2.21. The number of hydrogen-bond donors (Lipinski definition) is 1. The zero-order chi connectivity index (χ0) is 11.5. The van der Waals surface area contributed by atoms with Gasteiger partial charge in [-0.2, -0.15) is 0 Å². The van der Waals surface area contributed by atoms with Crippen LogP contribution in [0, 0.1) is 6.92 Å². The van der Waals surface area contributed by atoms with Crippen LogP contribution in [0.1, 0.15) is 26.4 Å². The van der Waals surface area contributed by atoms with Crippen LogP contribution in [0.4, 0.5) is 0 Å². The minimum Gasteiger partial charge on any atom is -0.477 e.